The lowest BCUT2D eigenvalue weighted by Crippen LogP contribution is -2.44. The second-order valence-electron chi connectivity index (χ2n) is 4.02. The summed E-state index contributed by atoms with van der Waals surface area (Å²) in [5, 5.41) is 21.3. The van der Waals surface area contributed by atoms with E-state index in [1.54, 1.807) is 13.8 Å². The molecule has 0 bridgehead atoms. The van der Waals surface area contributed by atoms with Crippen LogP contribution in [0.5, 0.6) is 0 Å². The van der Waals surface area contributed by atoms with Gasteiger partial charge in [-0.3, -0.25) is 0 Å². The molecule has 86 valence electrons. The van der Waals surface area contributed by atoms with Crippen molar-refractivity contribution in [3.05, 3.63) is 0 Å². The molecule has 0 aromatic carbocycles. The van der Waals surface area contributed by atoms with E-state index in [-0.39, 0.29) is 12.6 Å². The SMILES string of the molecule is CC(NCCCOCCO)C(C)(C)O. The van der Waals surface area contributed by atoms with Crippen molar-refractivity contribution in [1.82, 2.24) is 5.32 Å². The van der Waals surface area contributed by atoms with Crippen molar-refractivity contribution >= 4 is 0 Å². The van der Waals surface area contributed by atoms with Crippen LogP contribution in [0.4, 0.5) is 0 Å². The highest BCUT2D eigenvalue weighted by Gasteiger charge is 2.20. The summed E-state index contributed by atoms with van der Waals surface area (Å²) in [4.78, 5) is 0. The molecular formula is C10H23NO3. The molecule has 0 spiro atoms. The van der Waals surface area contributed by atoms with Crippen LogP contribution >= 0.6 is 0 Å². The van der Waals surface area contributed by atoms with Crippen LogP contribution in [0, 0.1) is 0 Å². The smallest absolute Gasteiger partial charge is 0.0741 e. The minimum atomic E-state index is -0.689. The highest BCUT2D eigenvalue weighted by molar-refractivity contribution is 4.79. The van der Waals surface area contributed by atoms with Crippen LogP contribution in [0.25, 0.3) is 0 Å². The fourth-order valence-electron chi connectivity index (χ4n) is 0.909. The van der Waals surface area contributed by atoms with E-state index in [0.717, 1.165) is 13.0 Å². The minimum absolute atomic E-state index is 0.0698. The van der Waals surface area contributed by atoms with E-state index in [9.17, 15) is 5.11 Å². The van der Waals surface area contributed by atoms with Crippen LogP contribution in [0.15, 0.2) is 0 Å². The van der Waals surface area contributed by atoms with Crippen molar-refractivity contribution < 1.29 is 14.9 Å². The standard InChI is InChI=1S/C10H23NO3/c1-9(10(2,3)13)11-5-4-7-14-8-6-12/h9,11-13H,4-8H2,1-3H3. The van der Waals surface area contributed by atoms with Gasteiger partial charge in [-0.1, -0.05) is 0 Å². The summed E-state index contributed by atoms with van der Waals surface area (Å²) in [5.74, 6) is 0. The van der Waals surface area contributed by atoms with Crippen LogP contribution in [-0.4, -0.2) is 48.2 Å². The summed E-state index contributed by atoms with van der Waals surface area (Å²) in [5.41, 5.74) is -0.689. The molecule has 0 saturated carbocycles. The first-order chi connectivity index (χ1) is 6.48. The third kappa shape index (κ3) is 7.26. The number of nitrogens with one attached hydrogen (secondary N) is 1. The van der Waals surface area contributed by atoms with Crippen molar-refractivity contribution in [3.63, 3.8) is 0 Å². The van der Waals surface area contributed by atoms with Crippen LogP contribution in [-0.2, 0) is 4.74 Å². The number of ether oxygens (including phenoxy) is 1. The predicted molar refractivity (Wildman–Crippen MR) is 56.3 cm³/mol. The topological polar surface area (TPSA) is 61.7 Å². The molecule has 0 amide bonds. The molecule has 0 aliphatic rings. The Labute approximate surface area is 86.3 Å². The predicted octanol–water partition coefficient (Wildman–Crippen LogP) is 0.134. The molecule has 0 aliphatic carbocycles. The molecule has 3 N–H and O–H groups in total. The Kier molecular flexibility index (Phi) is 7.09. The summed E-state index contributed by atoms with van der Waals surface area (Å²) in [6.45, 7) is 7.46. The largest absolute Gasteiger partial charge is 0.394 e. The molecule has 4 heteroatoms. The first kappa shape index (κ1) is 13.8. The summed E-state index contributed by atoms with van der Waals surface area (Å²) >= 11 is 0. The highest BCUT2D eigenvalue weighted by atomic mass is 16.5. The second kappa shape index (κ2) is 7.17. The molecule has 0 saturated heterocycles. The van der Waals surface area contributed by atoms with E-state index in [1.165, 1.54) is 0 Å². The summed E-state index contributed by atoms with van der Waals surface area (Å²) in [7, 11) is 0. The van der Waals surface area contributed by atoms with Crippen molar-refractivity contribution in [2.75, 3.05) is 26.4 Å². The maximum atomic E-state index is 9.60. The molecule has 4 nitrogen and oxygen atoms in total. The van der Waals surface area contributed by atoms with Gasteiger partial charge in [0.2, 0.25) is 0 Å². The quantitative estimate of drug-likeness (QED) is 0.493. The molecule has 1 atom stereocenters. The van der Waals surface area contributed by atoms with Gasteiger partial charge in [-0.15, -0.1) is 0 Å². The van der Waals surface area contributed by atoms with Crippen molar-refractivity contribution in [2.45, 2.75) is 38.8 Å². The zero-order valence-corrected chi connectivity index (χ0v) is 9.42. The molecule has 0 rings (SSSR count). The molecule has 0 aromatic heterocycles. The summed E-state index contributed by atoms with van der Waals surface area (Å²) in [6, 6.07) is 0.0698. The van der Waals surface area contributed by atoms with Gasteiger partial charge in [0.1, 0.15) is 0 Å². The summed E-state index contributed by atoms with van der Waals surface area (Å²) < 4.78 is 5.10. The Morgan fingerprint density at radius 2 is 2.00 bits per heavy atom. The maximum absolute atomic E-state index is 9.60. The van der Waals surface area contributed by atoms with Gasteiger partial charge < -0.3 is 20.3 Å². The lowest BCUT2D eigenvalue weighted by Gasteiger charge is -2.26. The zero-order valence-electron chi connectivity index (χ0n) is 9.42. The first-order valence-electron chi connectivity index (χ1n) is 5.13. The fraction of sp³-hybridized carbons (Fsp3) is 1.00. The van der Waals surface area contributed by atoms with Gasteiger partial charge >= 0.3 is 0 Å². The van der Waals surface area contributed by atoms with Crippen LogP contribution in [0.3, 0.4) is 0 Å². The molecule has 0 fully saturated rings. The van der Waals surface area contributed by atoms with Gasteiger partial charge in [0.05, 0.1) is 18.8 Å². The van der Waals surface area contributed by atoms with E-state index < -0.39 is 5.60 Å². The number of aliphatic hydroxyl groups is 2. The average Bonchev–Trinajstić information content (AvgIpc) is 2.09. The number of rotatable bonds is 8. The molecular weight excluding hydrogens is 182 g/mol. The van der Waals surface area contributed by atoms with Crippen LogP contribution in [0.1, 0.15) is 27.2 Å². The highest BCUT2D eigenvalue weighted by Crippen LogP contribution is 2.06. The molecule has 14 heavy (non-hydrogen) atoms. The Bertz CT molecular complexity index is 134. The zero-order chi connectivity index (χ0) is 11.0. The van der Waals surface area contributed by atoms with E-state index in [1.807, 2.05) is 6.92 Å². The molecule has 0 radical (unpaired) electrons. The Balaban J connectivity index is 3.28. The first-order valence-corrected chi connectivity index (χ1v) is 5.13. The van der Waals surface area contributed by atoms with Gasteiger partial charge in [0.15, 0.2) is 0 Å². The Morgan fingerprint density at radius 1 is 1.36 bits per heavy atom. The normalized spacial score (nSPS) is 14.4. The Hall–Kier alpha value is -0.160. The molecule has 0 heterocycles. The van der Waals surface area contributed by atoms with Gasteiger partial charge in [-0.2, -0.15) is 0 Å². The van der Waals surface area contributed by atoms with Crippen LogP contribution < -0.4 is 5.32 Å². The van der Waals surface area contributed by atoms with E-state index >= 15 is 0 Å². The molecule has 1 unspecified atom stereocenters. The third-order valence-electron chi connectivity index (χ3n) is 2.21. The van der Waals surface area contributed by atoms with Gasteiger partial charge in [-0.25, -0.2) is 0 Å². The third-order valence-corrected chi connectivity index (χ3v) is 2.21. The van der Waals surface area contributed by atoms with Crippen molar-refractivity contribution in [2.24, 2.45) is 0 Å². The van der Waals surface area contributed by atoms with E-state index in [4.69, 9.17) is 9.84 Å². The van der Waals surface area contributed by atoms with Crippen molar-refractivity contribution in [3.8, 4) is 0 Å². The van der Waals surface area contributed by atoms with Gasteiger partial charge in [0, 0.05) is 12.6 Å². The van der Waals surface area contributed by atoms with Crippen molar-refractivity contribution in [1.29, 1.82) is 0 Å². The number of hydrogen-bond donors (Lipinski definition) is 3. The molecule has 0 aliphatic heterocycles. The lowest BCUT2D eigenvalue weighted by atomic mass is 10.0. The number of aliphatic hydroxyl groups excluding tert-OH is 1. The van der Waals surface area contributed by atoms with Gasteiger partial charge in [0.25, 0.3) is 0 Å². The second-order valence-corrected chi connectivity index (χ2v) is 4.02. The summed E-state index contributed by atoms with van der Waals surface area (Å²) in [6.07, 6.45) is 0.889. The maximum Gasteiger partial charge on any atom is 0.0741 e. The van der Waals surface area contributed by atoms with E-state index in [2.05, 4.69) is 5.32 Å². The monoisotopic (exact) mass is 205 g/mol. The minimum Gasteiger partial charge on any atom is -0.394 e. The van der Waals surface area contributed by atoms with Gasteiger partial charge in [-0.05, 0) is 33.7 Å². The average molecular weight is 205 g/mol. The van der Waals surface area contributed by atoms with E-state index in [0.29, 0.717) is 13.2 Å². The molecule has 0 aromatic rings. The Morgan fingerprint density at radius 3 is 2.50 bits per heavy atom. The van der Waals surface area contributed by atoms with Crippen LogP contribution in [0.2, 0.25) is 0 Å². The number of hydrogen-bond acceptors (Lipinski definition) is 4. The fourth-order valence-corrected chi connectivity index (χ4v) is 0.909. The lowest BCUT2D eigenvalue weighted by molar-refractivity contribution is 0.0423.